The van der Waals surface area contributed by atoms with Gasteiger partial charge in [-0.05, 0) is 42.2 Å². The van der Waals surface area contributed by atoms with Gasteiger partial charge in [0.2, 0.25) is 11.7 Å². The van der Waals surface area contributed by atoms with Gasteiger partial charge in [0.05, 0.1) is 33.8 Å². The number of hydrogen-bond acceptors (Lipinski definition) is 5. The quantitative estimate of drug-likeness (QED) is 0.812. The first kappa shape index (κ1) is 17.6. The molecule has 0 saturated carbocycles. The van der Waals surface area contributed by atoms with Crippen LogP contribution in [0.3, 0.4) is 0 Å². The Morgan fingerprint density at radius 1 is 1.15 bits per heavy atom. The summed E-state index contributed by atoms with van der Waals surface area (Å²) in [6, 6.07) is 8.14. The van der Waals surface area contributed by atoms with Crippen molar-refractivity contribution in [1.29, 1.82) is 0 Å². The summed E-state index contributed by atoms with van der Waals surface area (Å²) >= 11 is 0. The van der Waals surface area contributed by atoms with Crippen molar-refractivity contribution in [2.45, 2.75) is 37.8 Å². The van der Waals surface area contributed by atoms with E-state index in [0.29, 0.717) is 23.7 Å². The number of amides is 1. The minimum absolute atomic E-state index is 0.131. The van der Waals surface area contributed by atoms with Crippen LogP contribution >= 0.6 is 0 Å². The van der Waals surface area contributed by atoms with Gasteiger partial charge in [0, 0.05) is 24.4 Å². The molecule has 6 nitrogen and oxygen atoms in total. The molecular weight excluding hydrogens is 344 g/mol. The maximum absolute atomic E-state index is 13.2. The van der Waals surface area contributed by atoms with Crippen LogP contribution in [0.1, 0.15) is 35.7 Å². The molecule has 2 aromatic rings. The summed E-state index contributed by atoms with van der Waals surface area (Å²) < 4.78 is 16.2. The zero-order valence-corrected chi connectivity index (χ0v) is 15.9. The number of nitrogens with zero attached hydrogens (tertiary/aromatic N) is 2. The van der Waals surface area contributed by atoms with Gasteiger partial charge in [0.25, 0.3) is 0 Å². The molecular formula is C21H24N2O4. The first-order valence-electron chi connectivity index (χ1n) is 9.20. The van der Waals surface area contributed by atoms with Crippen LogP contribution in [0.4, 0.5) is 0 Å². The third-order valence-corrected chi connectivity index (χ3v) is 5.58. The fourth-order valence-corrected chi connectivity index (χ4v) is 4.42. The number of ether oxygens (including phenoxy) is 3. The van der Waals surface area contributed by atoms with Crippen molar-refractivity contribution in [3.8, 4) is 17.2 Å². The summed E-state index contributed by atoms with van der Waals surface area (Å²) in [4.78, 5) is 19.8. The maximum atomic E-state index is 13.2. The number of carbonyl (C=O) groups is 1. The Balaban J connectivity index is 1.60. The molecule has 27 heavy (non-hydrogen) atoms. The van der Waals surface area contributed by atoms with Crippen molar-refractivity contribution in [1.82, 2.24) is 9.88 Å². The molecule has 4 rings (SSSR count). The highest BCUT2D eigenvalue weighted by Crippen LogP contribution is 2.44. The van der Waals surface area contributed by atoms with Gasteiger partial charge in [-0.3, -0.25) is 9.78 Å². The molecule has 1 aromatic heterocycles. The fourth-order valence-electron chi connectivity index (χ4n) is 4.42. The number of hydrogen-bond donors (Lipinski definition) is 0. The average Bonchev–Trinajstić information content (AvgIpc) is 3.02. The van der Waals surface area contributed by atoms with Crippen LogP contribution in [0, 0.1) is 0 Å². The number of aromatic nitrogens is 1. The van der Waals surface area contributed by atoms with Crippen LogP contribution < -0.4 is 14.2 Å². The van der Waals surface area contributed by atoms with E-state index in [2.05, 4.69) is 16.0 Å². The minimum atomic E-state index is 0.131. The molecule has 0 unspecified atom stereocenters. The van der Waals surface area contributed by atoms with Crippen LogP contribution in [0.25, 0.3) is 0 Å². The summed E-state index contributed by atoms with van der Waals surface area (Å²) in [6.07, 6.45) is 5.02. The molecule has 142 valence electrons. The average molecular weight is 368 g/mol. The number of pyridine rings is 1. The van der Waals surface area contributed by atoms with Gasteiger partial charge in [0.1, 0.15) is 0 Å². The third-order valence-electron chi connectivity index (χ3n) is 5.58. The molecule has 0 spiro atoms. The maximum Gasteiger partial charge on any atom is 0.227 e. The lowest BCUT2D eigenvalue weighted by molar-refractivity contribution is -0.134. The molecule has 2 aliphatic rings. The van der Waals surface area contributed by atoms with E-state index in [9.17, 15) is 4.79 Å². The molecule has 2 atom stereocenters. The van der Waals surface area contributed by atoms with E-state index in [1.807, 2.05) is 24.4 Å². The molecule has 1 amide bonds. The topological polar surface area (TPSA) is 60.9 Å². The lowest BCUT2D eigenvalue weighted by atomic mass is 9.97. The first-order valence-corrected chi connectivity index (χ1v) is 9.20. The van der Waals surface area contributed by atoms with Crippen LogP contribution in [0.15, 0.2) is 30.5 Å². The molecule has 2 bridgehead atoms. The Bertz CT molecular complexity index is 842. The van der Waals surface area contributed by atoms with Crippen LogP contribution in [0.5, 0.6) is 17.2 Å². The Kier molecular flexibility index (Phi) is 4.64. The Morgan fingerprint density at radius 3 is 2.56 bits per heavy atom. The van der Waals surface area contributed by atoms with E-state index >= 15 is 0 Å². The van der Waals surface area contributed by atoms with Gasteiger partial charge in [0.15, 0.2) is 11.5 Å². The minimum Gasteiger partial charge on any atom is -0.493 e. The molecule has 1 saturated heterocycles. The van der Waals surface area contributed by atoms with Gasteiger partial charge in [-0.15, -0.1) is 0 Å². The molecule has 1 fully saturated rings. The van der Waals surface area contributed by atoms with E-state index in [1.165, 1.54) is 5.56 Å². The van der Waals surface area contributed by atoms with Crippen LogP contribution in [0.2, 0.25) is 0 Å². The molecule has 2 aliphatic heterocycles. The highest BCUT2D eigenvalue weighted by molar-refractivity contribution is 5.81. The molecule has 3 heterocycles. The Hall–Kier alpha value is -2.76. The predicted octanol–water partition coefficient (Wildman–Crippen LogP) is 2.94. The van der Waals surface area contributed by atoms with Crippen LogP contribution in [-0.4, -0.2) is 43.2 Å². The van der Waals surface area contributed by atoms with Crippen molar-refractivity contribution in [2.24, 2.45) is 0 Å². The van der Waals surface area contributed by atoms with Gasteiger partial charge >= 0.3 is 0 Å². The Labute approximate surface area is 159 Å². The smallest absolute Gasteiger partial charge is 0.227 e. The predicted molar refractivity (Wildman–Crippen MR) is 100 cm³/mol. The van der Waals surface area contributed by atoms with E-state index in [4.69, 9.17) is 14.2 Å². The second-order valence-electron chi connectivity index (χ2n) is 7.00. The highest BCUT2D eigenvalue weighted by Gasteiger charge is 2.42. The van der Waals surface area contributed by atoms with Gasteiger partial charge < -0.3 is 19.1 Å². The number of carbonyl (C=O) groups excluding carboxylic acids is 1. The number of benzene rings is 1. The van der Waals surface area contributed by atoms with Crippen molar-refractivity contribution in [2.75, 3.05) is 21.3 Å². The van der Waals surface area contributed by atoms with Crippen molar-refractivity contribution in [3.63, 3.8) is 0 Å². The summed E-state index contributed by atoms with van der Waals surface area (Å²) in [5, 5.41) is 0. The molecule has 0 N–H and O–H groups in total. The largest absolute Gasteiger partial charge is 0.493 e. The monoisotopic (exact) mass is 368 g/mol. The number of fused-ring (bicyclic) bond motifs is 4. The highest BCUT2D eigenvalue weighted by atomic mass is 16.5. The number of methoxy groups -OCH3 is 3. The standard InChI is InChI=1S/C21H24N2O4/c1-25-18-9-13(10-19(26-2)21(18)27-3)11-20(24)23-14-6-7-17(23)15-5-4-8-22-16(15)12-14/h4-5,8-10,14,17H,6-7,11-12H2,1-3H3/t14-,17+/m0/s1. The summed E-state index contributed by atoms with van der Waals surface area (Å²) in [5.41, 5.74) is 3.19. The van der Waals surface area contributed by atoms with Crippen molar-refractivity contribution in [3.05, 3.63) is 47.3 Å². The fraction of sp³-hybridized carbons (Fsp3) is 0.429. The first-order chi connectivity index (χ1) is 13.2. The summed E-state index contributed by atoms with van der Waals surface area (Å²) in [7, 11) is 4.73. The zero-order valence-electron chi connectivity index (χ0n) is 15.9. The summed E-state index contributed by atoms with van der Waals surface area (Å²) in [5.74, 6) is 1.80. The zero-order chi connectivity index (χ0) is 19.0. The second kappa shape index (κ2) is 7.10. The van der Waals surface area contributed by atoms with Gasteiger partial charge in [-0.1, -0.05) is 6.07 Å². The molecule has 1 aromatic carbocycles. The molecule has 6 heteroatoms. The molecule has 0 aliphatic carbocycles. The lowest BCUT2D eigenvalue weighted by Crippen LogP contribution is -2.42. The summed E-state index contributed by atoms with van der Waals surface area (Å²) in [6.45, 7) is 0. The van der Waals surface area contributed by atoms with E-state index in [1.54, 1.807) is 21.3 Å². The van der Waals surface area contributed by atoms with Gasteiger partial charge in [-0.25, -0.2) is 0 Å². The van der Waals surface area contributed by atoms with E-state index < -0.39 is 0 Å². The SMILES string of the molecule is COc1cc(CC(=O)N2[C@H]3CC[C@@H]2c2cccnc2C3)cc(OC)c1OC. The number of rotatable bonds is 5. The second-order valence-corrected chi connectivity index (χ2v) is 7.00. The Morgan fingerprint density at radius 2 is 1.89 bits per heavy atom. The lowest BCUT2D eigenvalue weighted by Gasteiger charge is -2.36. The van der Waals surface area contributed by atoms with Crippen molar-refractivity contribution >= 4 is 5.91 Å². The van der Waals surface area contributed by atoms with Crippen molar-refractivity contribution < 1.29 is 19.0 Å². The normalized spacial score (nSPS) is 20.2. The van der Waals surface area contributed by atoms with E-state index in [-0.39, 0.29) is 18.0 Å². The molecule has 0 radical (unpaired) electrons. The third kappa shape index (κ3) is 2.99. The van der Waals surface area contributed by atoms with Gasteiger partial charge in [-0.2, -0.15) is 0 Å². The van der Waals surface area contributed by atoms with E-state index in [0.717, 1.165) is 30.5 Å². The van der Waals surface area contributed by atoms with Crippen LogP contribution in [-0.2, 0) is 17.6 Å².